The summed E-state index contributed by atoms with van der Waals surface area (Å²) in [5.41, 5.74) is 0. The number of halogens is 2. The SMILES string of the molecule is CCc1sc2nc(-c3ccno3)nc(Cl)c2c1Cl. The number of rotatable bonds is 2. The Hall–Kier alpha value is -1.17. The van der Waals surface area contributed by atoms with E-state index >= 15 is 0 Å². The number of aromatic nitrogens is 3. The molecule has 0 bridgehead atoms. The van der Waals surface area contributed by atoms with E-state index in [0.717, 1.165) is 16.1 Å². The summed E-state index contributed by atoms with van der Waals surface area (Å²) in [6.45, 7) is 2.04. The van der Waals surface area contributed by atoms with Crippen molar-refractivity contribution >= 4 is 44.8 Å². The van der Waals surface area contributed by atoms with Crippen molar-refractivity contribution < 1.29 is 4.52 Å². The number of aryl methyl sites for hydroxylation is 1. The first-order chi connectivity index (χ1) is 8.70. The fourth-order valence-corrected chi connectivity index (χ4v) is 3.50. The van der Waals surface area contributed by atoms with Crippen LogP contribution in [0.3, 0.4) is 0 Å². The molecule has 0 amide bonds. The van der Waals surface area contributed by atoms with E-state index in [1.165, 1.54) is 17.5 Å². The van der Waals surface area contributed by atoms with Crippen LogP contribution in [0.25, 0.3) is 21.8 Å². The zero-order valence-electron chi connectivity index (χ0n) is 9.28. The highest BCUT2D eigenvalue weighted by atomic mass is 35.5. The summed E-state index contributed by atoms with van der Waals surface area (Å²) in [6, 6.07) is 1.69. The third kappa shape index (κ3) is 1.79. The molecule has 92 valence electrons. The second-order valence-corrected chi connectivity index (χ2v) is 5.41. The standard InChI is InChI=1S/C11H7Cl2N3OS/c1-2-6-8(12)7-9(13)15-10(16-11(7)18-6)5-3-4-14-17-5/h3-4H,2H2,1H3. The van der Waals surface area contributed by atoms with Gasteiger partial charge >= 0.3 is 0 Å². The summed E-state index contributed by atoms with van der Waals surface area (Å²) in [4.78, 5) is 10.4. The van der Waals surface area contributed by atoms with Crippen LogP contribution >= 0.6 is 34.5 Å². The number of hydrogen-bond acceptors (Lipinski definition) is 5. The van der Waals surface area contributed by atoms with E-state index in [1.807, 2.05) is 6.92 Å². The molecule has 0 radical (unpaired) electrons. The zero-order valence-corrected chi connectivity index (χ0v) is 11.6. The molecule has 0 N–H and O–H groups in total. The Bertz CT molecular complexity index is 709. The van der Waals surface area contributed by atoms with Crippen LogP contribution in [0.5, 0.6) is 0 Å². The van der Waals surface area contributed by atoms with Crippen LogP contribution in [0, 0.1) is 0 Å². The largest absolute Gasteiger partial charge is 0.353 e. The topological polar surface area (TPSA) is 51.8 Å². The van der Waals surface area contributed by atoms with Crippen molar-refractivity contribution in [2.75, 3.05) is 0 Å². The van der Waals surface area contributed by atoms with E-state index in [2.05, 4.69) is 15.1 Å². The fourth-order valence-electron chi connectivity index (χ4n) is 1.64. The summed E-state index contributed by atoms with van der Waals surface area (Å²) in [6.07, 6.45) is 2.38. The molecule has 0 saturated carbocycles. The maximum Gasteiger partial charge on any atom is 0.204 e. The van der Waals surface area contributed by atoms with Gasteiger partial charge in [0, 0.05) is 10.9 Å². The highest BCUT2D eigenvalue weighted by Gasteiger charge is 2.17. The lowest BCUT2D eigenvalue weighted by Gasteiger charge is -1.97. The molecule has 0 aliphatic rings. The number of thiophene rings is 1. The van der Waals surface area contributed by atoms with E-state index in [4.69, 9.17) is 27.7 Å². The van der Waals surface area contributed by atoms with Crippen molar-refractivity contribution in [3.63, 3.8) is 0 Å². The maximum atomic E-state index is 6.25. The van der Waals surface area contributed by atoms with Gasteiger partial charge < -0.3 is 4.52 Å². The molecule has 0 fully saturated rings. The highest BCUT2D eigenvalue weighted by molar-refractivity contribution is 7.19. The Morgan fingerprint density at radius 3 is 2.83 bits per heavy atom. The van der Waals surface area contributed by atoms with Gasteiger partial charge in [-0.1, -0.05) is 35.3 Å². The van der Waals surface area contributed by atoms with Gasteiger partial charge in [-0.2, -0.15) is 0 Å². The minimum atomic E-state index is 0.340. The van der Waals surface area contributed by atoms with Gasteiger partial charge in [0.1, 0.15) is 9.98 Å². The summed E-state index contributed by atoms with van der Waals surface area (Å²) >= 11 is 13.9. The minimum Gasteiger partial charge on any atom is -0.353 e. The predicted octanol–water partition coefficient (Wildman–Crippen LogP) is 4.22. The molecule has 0 spiro atoms. The molecule has 7 heteroatoms. The van der Waals surface area contributed by atoms with Crippen LogP contribution in [0.2, 0.25) is 10.2 Å². The van der Waals surface area contributed by atoms with E-state index < -0.39 is 0 Å². The van der Waals surface area contributed by atoms with Gasteiger partial charge in [0.25, 0.3) is 0 Å². The molecular formula is C11H7Cl2N3OS. The van der Waals surface area contributed by atoms with Crippen LogP contribution in [0.15, 0.2) is 16.8 Å². The molecular weight excluding hydrogens is 293 g/mol. The van der Waals surface area contributed by atoms with E-state index in [1.54, 1.807) is 6.07 Å². The molecule has 4 nitrogen and oxygen atoms in total. The second kappa shape index (κ2) is 4.50. The average molecular weight is 300 g/mol. The van der Waals surface area contributed by atoms with Crippen LogP contribution < -0.4 is 0 Å². The van der Waals surface area contributed by atoms with Gasteiger partial charge in [-0.25, -0.2) is 9.97 Å². The van der Waals surface area contributed by atoms with Crippen LogP contribution in [0.4, 0.5) is 0 Å². The smallest absolute Gasteiger partial charge is 0.204 e. The molecule has 0 aliphatic carbocycles. The summed E-state index contributed by atoms with van der Waals surface area (Å²) in [7, 11) is 0. The Morgan fingerprint density at radius 1 is 1.33 bits per heavy atom. The molecule has 0 atom stereocenters. The van der Waals surface area contributed by atoms with Crippen LogP contribution in [-0.2, 0) is 6.42 Å². The van der Waals surface area contributed by atoms with E-state index in [0.29, 0.717) is 27.1 Å². The van der Waals surface area contributed by atoms with Crippen molar-refractivity contribution in [3.8, 4) is 11.6 Å². The number of nitrogens with zero attached hydrogens (tertiary/aromatic N) is 3. The third-order valence-electron chi connectivity index (χ3n) is 2.50. The van der Waals surface area contributed by atoms with Gasteiger partial charge in [-0.05, 0) is 6.42 Å². The number of fused-ring (bicyclic) bond motifs is 1. The number of hydrogen-bond donors (Lipinski definition) is 0. The third-order valence-corrected chi connectivity index (χ3v) is 4.53. The van der Waals surface area contributed by atoms with Crippen molar-refractivity contribution in [3.05, 3.63) is 27.3 Å². The fraction of sp³-hybridized carbons (Fsp3) is 0.182. The first-order valence-electron chi connectivity index (χ1n) is 5.26. The van der Waals surface area contributed by atoms with Gasteiger partial charge in [0.2, 0.25) is 11.6 Å². The van der Waals surface area contributed by atoms with E-state index in [-0.39, 0.29) is 0 Å². The molecule has 3 rings (SSSR count). The Kier molecular flexibility index (Phi) is 2.97. The molecule has 3 aromatic heterocycles. The average Bonchev–Trinajstić information content (AvgIpc) is 2.97. The quantitative estimate of drug-likeness (QED) is 0.665. The first kappa shape index (κ1) is 11.9. The summed E-state index contributed by atoms with van der Waals surface area (Å²) in [5, 5.41) is 5.32. The molecule has 3 aromatic rings. The van der Waals surface area contributed by atoms with Crippen molar-refractivity contribution in [2.45, 2.75) is 13.3 Å². The molecule has 0 unspecified atom stereocenters. The van der Waals surface area contributed by atoms with Crippen molar-refractivity contribution in [2.24, 2.45) is 0 Å². The predicted molar refractivity (Wildman–Crippen MR) is 72.3 cm³/mol. The van der Waals surface area contributed by atoms with Gasteiger partial charge in [-0.3, -0.25) is 0 Å². The lowest BCUT2D eigenvalue weighted by atomic mass is 10.3. The van der Waals surface area contributed by atoms with Crippen molar-refractivity contribution in [1.29, 1.82) is 0 Å². The molecule has 0 saturated heterocycles. The maximum absolute atomic E-state index is 6.25. The molecule has 3 heterocycles. The minimum absolute atomic E-state index is 0.340. The lowest BCUT2D eigenvalue weighted by Crippen LogP contribution is -1.88. The Labute approximate surface area is 117 Å². The summed E-state index contributed by atoms with van der Waals surface area (Å²) in [5.74, 6) is 0.909. The molecule has 18 heavy (non-hydrogen) atoms. The Morgan fingerprint density at radius 2 is 2.17 bits per heavy atom. The van der Waals surface area contributed by atoms with Gasteiger partial charge in [-0.15, -0.1) is 11.3 Å². The first-order valence-corrected chi connectivity index (χ1v) is 6.83. The van der Waals surface area contributed by atoms with Gasteiger partial charge in [0.15, 0.2) is 0 Å². The van der Waals surface area contributed by atoms with Crippen LogP contribution in [0.1, 0.15) is 11.8 Å². The van der Waals surface area contributed by atoms with Gasteiger partial charge in [0.05, 0.1) is 16.6 Å². The van der Waals surface area contributed by atoms with E-state index in [9.17, 15) is 0 Å². The normalized spacial score (nSPS) is 11.3. The highest BCUT2D eigenvalue weighted by Crippen LogP contribution is 2.38. The van der Waals surface area contributed by atoms with Crippen LogP contribution in [-0.4, -0.2) is 15.1 Å². The Balaban J connectivity index is 2.28. The zero-order chi connectivity index (χ0) is 12.7. The lowest BCUT2D eigenvalue weighted by molar-refractivity contribution is 0.430. The van der Waals surface area contributed by atoms with Crippen molar-refractivity contribution in [1.82, 2.24) is 15.1 Å². The monoisotopic (exact) mass is 299 g/mol. The summed E-state index contributed by atoms with van der Waals surface area (Å²) < 4.78 is 5.02. The second-order valence-electron chi connectivity index (χ2n) is 3.59. The molecule has 0 aromatic carbocycles. The molecule has 0 aliphatic heterocycles.